The Kier molecular flexibility index (Phi) is 7.21. The number of aromatic amines is 1. The van der Waals surface area contributed by atoms with Crippen LogP contribution in [0, 0.1) is 0 Å². The number of fused-ring (bicyclic) bond motifs is 3. The van der Waals surface area contributed by atoms with Crippen molar-refractivity contribution in [2.45, 2.75) is 44.3 Å². The lowest BCUT2D eigenvalue weighted by atomic mass is 9.88. The third-order valence-corrected chi connectivity index (χ3v) is 7.59. The van der Waals surface area contributed by atoms with Gasteiger partial charge in [0.15, 0.2) is 0 Å². The molecule has 2 atom stereocenters. The van der Waals surface area contributed by atoms with Crippen LogP contribution in [-0.4, -0.2) is 66.4 Å². The molecule has 0 saturated carbocycles. The molecule has 35 heavy (non-hydrogen) atoms. The normalized spacial score (nSPS) is 21.1. The number of nitrogens with zero attached hydrogens (tertiary/aromatic N) is 2. The van der Waals surface area contributed by atoms with Crippen LogP contribution in [0.4, 0.5) is 14.5 Å². The molecule has 2 aliphatic rings. The standard InChI is InChI=1S/C29H36F2N4/c1-20(17-31)12-15-35-21(2)16-26-25-6-3-4-7-27(25)33-28(26)29(35)22-8-10-23(11-9-22)32-24-18-34(19-24)14-5-13-30/h3-4,6-11,21,24,29,32-33H,1,5,12-19H2,2H3/t21-,29-/m1/s1. The minimum atomic E-state index is -0.461. The summed E-state index contributed by atoms with van der Waals surface area (Å²) < 4.78 is 25.5. The van der Waals surface area contributed by atoms with E-state index in [9.17, 15) is 8.78 Å². The van der Waals surface area contributed by atoms with Gasteiger partial charge >= 0.3 is 0 Å². The highest BCUT2D eigenvalue weighted by atomic mass is 19.1. The topological polar surface area (TPSA) is 34.3 Å². The van der Waals surface area contributed by atoms with Crippen molar-refractivity contribution in [1.82, 2.24) is 14.8 Å². The molecule has 0 spiro atoms. The quantitative estimate of drug-likeness (QED) is 0.358. The maximum Gasteiger partial charge on any atom is 0.110 e. The number of benzene rings is 2. The van der Waals surface area contributed by atoms with Crippen LogP contribution in [0.15, 0.2) is 60.7 Å². The number of nitrogens with one attached hydrogen (secondary N) is 2. The zero-order chi connectivity index (χ0) is 24.4. The van der Waals surface area contributed by atoms with Crippen molar-refractivity contribution in [3.05, 3.63) is 77.5 Å². The summed E-state index contributed by atoms with van der Waals surface area (Å²) >= 11 is 0. The number of hydrogen-bond donors (Lipinski definition) is 2. The Morgan fingerprint density at radius 1 is 1.09 bits per heavy atom. The molecule has 1 saturated heterocycles. The molecule has 1 aromatic heterocycles. The fourth-order valence-corrected chi connectivity index (χ4v) is 5.69. The van der Waals surface area contributed by atoms with Crippen molar-refractivity contribution >= 4 is 16.6 Å². The lowest BCUT2D eigenvalue weighted by Gasteiger charge is -2.41. The number of H-pyrrole nitrogens is 1. The van der Waals surface area contributed by atoms with E-state index < -0.39 is 6.67 Å². The molecule has 3 aromatic rings. The maximum atomic E-state index is 13.2. The number of alkyl halides is 2. The highest BCUT2D eigenvalue weighted by Crippen LogP contribution is 2.41. The molecule has 0 radical (unpaired) electrons. The van der Waals surface area contributed by atoms with Crippen LogP contribution in [0.2, 0.25) is 0 Å². The summed E-state index contributed by atoms with van der Waals surface area (Å²) in [7, 11) is 0. The van der Waals surface area contributed by atoms with Gasteiger partial charge in [0.25, 0.3) is 0 Å². The molecule has 5 rings (SSSR count). The molecule has 3 heterocycles. The lowest BCUT2D eigenvalue weighted by molar-refractivity contribution is 0.150. The first-order valence-corrected chi connectivity index (χ1v) is 12.8. The Morgan fingerprint density at radius 3 is 2.60 bits per heavy atom. The van der Waals surface area contributed by atoms with Crippen molar-refractivity contribution in [1.29, 1.82) is 0 Å². The van der Waals surface area contributed by atoms with Gasteiger partial charge in [0.05, 0.1) is 18.8 Å². The van der Waals surface area contributed by atoms with Crippen molar-refractivity contribution < 1.29 is 8.78 Å². The van der Waals surface area contributed by atoms with Gasteiger partial charge in [-0.2, -0.15) is 0 Å². The minimum Gasteiger partial charge on any atom is -0.380 e. The van der Waals surface area contributed by atoms with Gasteiger partial charge in [-0.15, -0.1) is 0 Å². The monoisotopic (exact) mass is 478 g/mol. The average molecular weight is 479 g/mol. The highest BCUT2D eigenvalue weighted by molar-refractivity contribution is 5.85. The van der Waals surface area contributed by atoms with Crippen LogP contribution >= 0.6 is 0 Å². The second kappa shape index (κ2) is 10.5. The van der Waals surface area contributed by atoms with Gasteiger partial charge in [-0.3, -0.25) is 14.2 Å². The zero-order valence-corrected chi connectivity index (χ0v) is 20.6. The molecule has 0 unspecified atom stereocenters. The zero-order valence-electron chi connectivity index (χ0n) is 20.6. The van der Waals surface area contributed by atoms with Crippen LogP contribution in [0.5, 0.6) is 0 Å². The Balaban J connectivity index is 1.38. The molecule has 2 aromatic carbocycles. The Labute approximate surface area is 207 Å². The van der Waals surface area contributed by atoms with E-state index in [1.54, 1.807) is 0 Å². The summed E-state index contributed by atoms with van der Waals surface area (Å²) in [6, 6.07) is 18.1. The molecule has 2 aliphatic heterocycles. The summed E-state index contributed by atoms with van der Waals surface area (Å²) in [6.07, 6.45) is 2.25. The van der Waals surface area contributed by atoms with E-state index in [-0.39, 0.29) is 12.7 Å². The van der Waals surface area contributed by atoms with Gasteiger partial charge in [-0.25, -0.2) is 4.39 Å². The number of rotatable bonds is 10. The summed E-state index contributed by atoms with van der Waals surface area (Å²) in [5, 5.41) is 4.91. The van der Waals surface area contributed by atoms with Gasteiger partial charge in [0.1, 0.15) is 6.67 Å². The predicted octanol–water partition coefficient (Wildman–Crippen LogP) is 5.88. The molecule has 4 nitrogen and oxygen atoms in total. The van der Waals surface area contributed by atoms with Crippen LogP contribution in [0.1, 0.15) is 42.6 Å². The third kappa shape index (κ3) is 5.00. The van der Waals surface area contributed by atoms with Crippen LogP contribution in [0.25, 0.3) is 10.9 Å². The van der Waals surface area contributed by atoms with Crippen LogP contribution in [-0.2, 0) is 6.42 Å². The molecule has 0 amide bonds. The number of aromatic nitrogens is 1. The summed E-state index contributed by atoms with van der Waals surface area (Å²) in [5.74, 6) is 0. The minimum absolute atomic E-state index is 0.0857. The smallest absolute Gasteiger partial charge is 0.110 e. The second-order valence-corrected chi connectivity index (χ2v) is 10.2. The predicted molar refractivity (Wildman–Crippen MR) is 141 cm³/mol. The number of hydrogen-bond acceptors (Lipinski definition) is 3. The fourth-order valence-electron chi connectivity index (χ4n) is 5.69. The lowest BCUT2D eigenvalue weighted by Crippen LogP contribution is -2.54. The highest BCUT2D eigenvalue weighted by Gasteiger charge is 2.35. The second-order valence-electron chi connectivity index (χ2n) is 10.2. The number of anilines is 1. The summed E-state index contributed by atoms with van der Waals surface area (Å²) in [6.45, 7) is 9.01. The number of likely N-dealkylation sites (tertiary alicyclic amines) is 1. The Hall–Kier alpha value is -2.70. The van der Waals surface area contributed by atoms with Crippen LogP contribution < -0.4 is 5.32 Å². The van der Waals surface area contributed by atoms with Crippen molar-refractivity contribution in [3.63, 3.8) is 0 Å². The Morgan fingerprint density at radius 2 is 1.86 bits per heavy atom. The van der Waals surface area contributed by atoms with Crippen molar-refractivity contribution in [2.24, 2.45) is 0 Å². The largest absolute Gasteiger partial charge is 0.380 e. The van der Waals surface area contributed by atoms with Gasteiger partial charge in [-0.1, -0.05) is 36.9 Å². The SMILES string of the molecule is C=C(CF)CCN1[C@H](c2ccc(NC3CN(CCCF)C3)cc2)c2[nH]c3ccccc3c2C[C@H]1C. The molecule has 6 heteroatoms. The van der Waals surface area contributed by atoms with E-state index in [1.807, 2.05) is 0 Å². The van der Waals surface area contributed by atoms with Crippen LogP contribution in [0.3, 0.4) is 0 Å². The molecule has 2 N–H and O–H groups in total. The van der Waals surface area contributed by atoms with Crippen molar-refractivity contribution in [2.75, 3.05) is 44.8 Å². The fraction of sp³-hybridized carbons (Fsp3) is 0.448. The number of halogens is 2. The molecular formula is C29H36F2N4. The van der Waals surface area contributed by atoms with Gasteiger partial charge in [0, 0.05) is 54.5 Å². The average Bonchev–Trinajstić information content (AvgIpc) is 3.22. The van der Waals surface area contributed by atoms with Gasteiger partial charge in [-0.05, 0) is 61.1 Å². The van der Waals surface area contributed by atoms with E-state index in [4.69, 9.17) is 0 Å². The molecular weight excluding hydrogens is 442 g/mol. The molecule has 1 fully saturated rings. The maximum absolute atomic E-state index is 13.2. The van der Waals surface area contributed by atoms with Gasteiger partial charge in [0.2, 0.25) is 0 Å². The third-order valence-electron chi connectivity index (χ3n) is 7.59. The van der Waals surface area contributed by atoms with E-state index in [0.717, 1.165) is 38.3 Å². The van der Waals surface area contributed by atoms with E-state index in [1.165, 1.54) is 27.7 Å². The summed E-state index contributed by atoms with van der Waals surface area (Å²) in [4.78, 5) is 8.50. The summed E-state index contributed by atoms with van der Waals surface area (Å²) in [5.41, 5.74) is 6.81. The molecule has 186 valence electrons. The van der Waals surface area contributed by atoms with E-state index in [0.29, 0.717) is 30.5 Å². The molecule has 0 bridgehead atoms. The van der Waals surface area contributed by atoms with E-state index in [2.05, 4.69) is 82.1 Å². The van der Waals surface area contributed by atoms with E-state index >= 15 is 0 Å². The molecule has 0 aliphatic carbocycles. The number of para-hydroxylation sites is 1. The first-order valence-electron chi connectivity index (χ1n) is 12.8. The first-order chi connectivity index (χ1) is 17.1. The van der Waals surface area contributed by atoms with Crippen molar-refractivity contribution in [3.8, 4) is 0 Å². The first kappa shape index (κ1) is 24.0. The van der Waals surface area contributed by atoms with Gasteiger partial charge < -0.3 is 10.3 Å². The Bertz CT molecular complexity index is 1150.